The summed E-state index contributed by atoms with van der Waals surface area (Å²) in [5.74, 6) is 0. The third kappa shape index (κ3) is 5.23. The molecule has 0 saturated heterocycles. The second-order valence-electron chi connectivity index (χ2n) is 14.3. The normalized spacial score (nSPS) is 11.7. The largest absolute Gasteiger partial charge is 0.309 e. The molecule has 2 aromatic heterocycles. The van der Waals surface area contributed by atoms with Gasteiger partial charge in [-0.2, -0.15) is 0 Å². The molecule has 0 aliphatic heterocycles. The Labute approximate surface area is 327 Å². The van der Waals surface area contributed by atoms with E-state index in [1.54, 1.807) is 0 Å². The molecular weight excluding hydrogens is 732 g/mol. The lowest BCUT2D eigenvalue weighted by Crippen LogP contribution is -1.93. The second kappa shape index (κ2) is 12.7. The number of para-hydroxylation sites is 3. The summed E-state index contributed by atoms with van der Waals surface area (Å²) in [6.07, 6.45) is 0. The molecule has 0 unspecified atom stereocenters. The lowest BCUT2D eigenvalue weighted by atomic mass is 9.96. The van der Waals surface area contributed by atoms with Crippen LogP contribution in [-0.4, -0.2) is 9.13 Å². The molecule has 9 aromatic carbocycles. The van der Waals surface area contributed by atoms with Gasteiger partial charge >= 0.3 is 0 Å². The second-order valence-corrected chi connectivity index (χ2v) is 15.2. The highest BCUT2D eigenvalue weighted by Crippen LogP contribution is 2.40. The van der Waals surface area contributed by atoms with Gasteiger partial charge in [0.1, 0.15) is 0 Å². The summed E-state index contributed by atoms with van der Waals surface area (Å²) in [5, 5.41) is 7.63. The van der Waals surface area contributed by atoms with Crippen molar-refractivity contribution in [1.82, 2.24) is 9.13 Å². The number of halogens is 1. The van der Waals surface area contributed by atoms with E-state index in [-0.39, 0.29) is 0 Å². The summed E-state index contributed by atoms with van der Waals surface area (Å²) in [6.45, 7) is 0. The fourth-order valence-electron chi connectivity index (χ4n) is 8.61. The summed E-state index contributed by atoms with van der Waals surface area (Å²) < 4.78 is 5.82. The molecule has 0 atom stereocenters. The van der Waals surface area contributed by atoms with Crippen LogP contribution in [0, 0.1) is 0 Å². The molecule has 258 valence electrons. The van der Waals surface area contributed by atoms with Crippen molar-refractivity contribution < 1.29 is 0 Å². The van der Waals surface area contributed by atoms with Gasteiger partial charge in [-0.1, -0.05) is 143 Å². The summed E-state index contributed by atoms with van der Waals surface area (Å²) in [5.41, 5.74) is 14.3. The molecule has 0 radical (unpaired) electrons. The Morgan fingerprint density at radius 1 is 0.291 bits per heavy atom. The molecule has 2 nitrogen and oxygen atoms in total. The van der Waals surface area contributed by atoms with Crippen molar-refractivity contribution in [2.45, 2.75) is 0 Å². The van der Waals surface area contributed by atoms with Gasteiger partial charge in [-0.15, -0.1) is 0 Å². The first-order chi connectivity index (χ1) is 27.2. The molecule has 0 N–H and O–H groups in total. The van der Waals surface area contributed by atoms with Crippen LogP contribution in [0.25, 0.3) is 99.1 Å². The summed E-state index contributed by atoms with van der Waals surface area (Å²) in [7, 11) is 0. The predicted molar refractivity (Wildman–Crippen MR) is 237 cm³/mol. The standard InChI is InChI=1S/C52H33BrN2/c53-41-31-39(30-40(32-41)36-22-26-43(27-23-36)54-48-16-8-6-14-45(48)46-15-7-9-17-49(46)54)35-20-18-34(19-21-35)38-25-28-50-47(33-38)52-44-13-5-4-10-37(44)24-29-51(52)55(50)42-11-2-1-3-12-42/h1-33H. The minimum Gasteiger partial charge on any atom is -0.309 e. The number of rotatable bonds is 5. The van der Waals surface area contributed by atoms with Crippen molar-refractivity contribution in [3.8, 4) is 44.8 Å². The van der Waals surface area contributed by atoms with Crippen molar-refractivity contribution in [1.29, 1.82) is 0 Å². The highest BCUT2D eigenvalue weighted by Gasteiger charge is 2.16. The highest BCUT2D eigenvalue weighted by atomic mass is 79.9. The van der Waals surface area contributed by atoms with E-state index in [0.717, 1.165) is 10.2 Å². The van der Waals surface area contributed by atoms with Crippen LogP contribution < -0.4 is 0 Å². The molecule has 0 fully saturated rings. The number of hydrogen-bond acceptors (Lipinski definition) is 0. The fourth-order valence-corrected chi connectivity index (χ4v) is 9.10. The Morgan fingerprint density at radius 3 is 1.44 bits per heavy atom. The van der Waals surface area contributed by atoms with Gasteiger partial charge in [0.2, 0.25) is 0 Å². The number of hydrogen-bond donors (Lipinski definition) is 0. The zero-order valence-electron chi connectivity index (χ0n) is 29.8. The van der Waals surface area contributed by atoms with Gasteiger partial charge in [-0.05, 0) is 117 Å². The van der Waals surface area contributed by atoms with E-state index in [4.69, 9.17) is 0 Å². The first-order valence-electron chi connectivity index (χ1n) is 18.7. The van der Waals surface area contributed by atoms with E-state index in [1.165, 1.54) is 93.5 Å². The number of aromatic nitrogens is 2. The molecule has 3 heteroatoms. The van der Waals surface area contributed by atoms with Crippen molar-refractivity contribution >= 4 is 70.3 Å². The Hall–Kier alpha value is -6.68. The highest BCUT2D eigenvalue weighted by molar-refractivity contribution is 9.10. The van der Waals surface area contributed by atoms with Gasteiger partial charge in [0.05, 0.1) is 22.1 Å². The molecule has 0 aliphatic carbocycles. The Bertz CT molecular complexity index is 3190. The number of nitrogens with zero attached hydrogens (tertiary/aromatic N) is 2. The van der Waals surface area contributed by atoms with Crippen molar-refractivity contribution in [2.24, 2.45) is 0 Å². The maximum Gasteiger partial charge on any atom is 0.0547 e. The van der Waals surface area contributed by atoms with Gasteiger partial charge < -0.3 is 9.13 Å². The van der Waals surface area contributed by atoms with E-state index in [2.05, 4.69) is 225 Å². The van der Waals surface area contributed by atoms with Crippen LogP contribution in [0.4, 0.5) is 0 Å². The third-order valence-electron chi connectivity index (χ3n) is 11.2. The van der Waals surface area contributed by atoms with E-state index in [0.29, 0.717) is 0 Å². The van der Waals surface area contributed by atoms with Crippen LogP contribution in [0.2, 0.25) is 0 Å². The maximum atomic E-state index is 3.83. The smallest absolute Gasteiger partial charge is 0.0547 e. The minimum absolute atomic E-state index is 1.06. The summed E-state index contributed by atoms with van der Waals surface area (Å²) >= 11 is 3.83. The topological polar surface area (TPSA) is 9.86 Å². The maximum absolute atomic E-state index is 3.83. The molecule has 0 bridgehead atoms. The van der Waals surface area contributed by atoms with Crippen LogP contribution in [0.5, 0.6) is 0 Å². The number of benzene rings is 9. The Balaban J connectivity index is 0.951. The SMILES string of the molecule is Brc1cc(-c2ccc(-c3ccc4c(c3)c3c5ccccc5ccc3n4-c3ccccc3)cc2)cc(-c2ccc(-n3c4ccccc4c4ccccc43)cc2)c1. The lowest BCUT2D eigenvalue weighted by molar-refractivity contribution is 1.18. The molecule has 0 spiro atoms. The molecule has 11 rings (SSSR count). The fraction of sp³-hybridized carbons (Fsp3) is 0. The van der Waals surface area contributed by atoms with E-state index < -0.39 is 0 Å². The van der Waals surface area contributed by atoms with Gasteiger partial charge in [0.15, 0.2) is 0 Å². The van der Waals surface area contributed by atoms with Gasteiger partial charge in [-0.3, -0.25) is 0 Å². The summed E-state index contributed by atoms with van der Waals surface area (Å²) in [4.78, 5) is 0. The molecule has 11 aromatic rings. The van der Waals surface area contributed by atoms with Gasteiger partial charge in [0, 0.05) is 37.4 Å². The summed E-state index contributed by atoms with van der Waals surface area (Å²) in [6, 6.07) is 72.8. The quantitative estimate of drug-likeness (QED) is 0.165. The Morgan fingerprint density at radius 2 is 0.764 bits per heavy atom. The molecule has 2 heterocycles. The van der Waals surface area contributed by atoms with Crippen LogP contribution in [0.3, 0.4) is 0 Å². The number of fused-ring (bicyclic) bond motifs is 8. The van der Waals surface area contributed by atoms with Crippen LogP contribution in [-0.2, 0) is 0 Å². The van der Waals surface area contributed by atoms with Gasteiger partial charge in [0.25, 0.3) is 0 Å². The lowest BCUT2D eigenvalue weighted by Gasteiger charge is -2.11. The molecule has 0 saturated carbocycles. The van der Waals surface area contributed by atoms with Crippen LogP contribution in [0.1, 0.15) is 0 Å². The van der Waals surface area contributed by atoms with E-state index >= 15 is 0 Å². The monoisotopic (exact) mass is 764 g/mol. The molecule has 0 amide bonds. The first kappa shape index (κ1) is 31.8. The average Bonchev–Trinajstić information content (AvgIpc) is 3.77. The minimum atomic E-state index is 1.06. The molecule has 0 aliphatic rings. The predicted octanol–water partition coefficient (Wildman–Crippen LogP) is 14.8. The van der Waals surface area contributed by atoms with Crippen molar-refractivity contribution in [2.75, 3.05) is 0 Å². The van der Waals surface area contributed by atoms with Crippen LogP contribution >= 0.6 is 15.9 Å². The van der Waals surface area contributed by atoms with Crippen molar-refractivity contribution in [3.63, 3.8) is 0 Å². The van der Waals surface area contributed by atoms with E-state index in [1.807, 2.05) is 0 Å². The zero-order chi connectivity index (χ0) is 36.5. The molecule has 55 heavy (non-hydrogen) atoms. The Kier molecular flexibility index (Phi) is 7.36. The van der Waals surface area contributed by atoms with Crippen LogP contribution in [0.15, 0.2) is 205 Å². The van der Waals surface area contributed by atoms with Crippen molar-refractivity contribution in [3.05, 3.63) is 205 Å². The molecular formula is C52H33BrN2. The average molecular weight is 766 g/mol. The zero-order valence-corrected chi connectivity index (χ0v) is 31.4. The third-order valence-corrected chi connectivity index (χ3v) is 11.6. The first-order valence-corrected chi connectivity index (χ1v) is 19.5. The van der Waals surface area contributed by atoms with E-state index in [9.17, 15) is 0 Å². The van der Waals surface area contributed by atoms with Gasteiger partial charge in [-0.25, -0.2) is 0 Å².